The Labute approximate surface area is 156 Å². The van der Waals surface area contributed by atoms with Gasteiger partial charge in [-0.2, -0.15) is 0 Å². The molecule has 25 heavy (non-hydrogen) atoms. The standard InChI is InChI=1S/C17H22N2O3S3/c1-13-6-7-16(24-13)25(21,22)19-11-15(20)18-12-17(8-2-3-9-17)14-5-4-10-23-14/h4-7,10,19H,2-3,8-9,11-12H2,1H3,(H,18,20). The molecule has 1 aliphatic rings. The van der Waals surface area contributed by atoms with Gasteiger partial charge in [-0.3, -0.25) is 4.79 Å². The van der Waals surface area contributed by atoms with Crippen molar-refractivity contribution >= 4 is 38.6 Å². The molecular formula is C17H22N2O3S3. The number of aryl methyl sites for hydroxylation is 1. The van der Waals surface area contributed by atoms with E-state index in [4.69, 9.17) is 0 Å². The van der Waals surface area contributed by atoms with E-state index in [9.17, 15) is 13.2 Å². The lowest BCUT2D eigenvalue weighted by Gasteiger charge is -2.28. The molecule has 0 aromatic carbocycles. The van der Waals surface area contributed by atoms with Crippen molar-refractivity contribution in [2.24, 2.45) is 0 Å². The lowest BCUT2D eigenvalue weighted by Crippen LogP contribution is -2.43. The maximum atomic E-state index is 12.2. The van der Waals surface area contributed by atoms with Gasteiger partial charge >= 0.3 is 0 Å². The summed E-state index contributed by atoms with van der Waals surface area (Å²) in [5, 5.41) is 4.99. The molecule has 2 N–H and O–H groups in total. The second-order valence-electron chi connectivity index (χ2n) is 6.43. The predicted molar refractivity (Wildman–Crippen MR) is 102 cm³/mol. The van der Waals surface area contributed by atoms with E-state index in [1.807, 2.05) is 13.0 Å². The Balaban J connectivity index is 1.56. The fraction of sp³-hybridized carbons (Fsp3) is 0.471. The van der Waals surface area contributed by atoms with Crippen LogP contribution in [0.1, 0.15) is 35.4 Å². The summed E-state index contributed by atoms with van der Waals surface area (Å²) >= 11 is 2.92. The van der Waals surface area contributed by atoms with Crippen molar-refractivity contribution in [1.29, 1.82) is 0 Å². The number of rotatable bonds is 7. The second-order valence-corrected chi connectivity index (χ2v) is 10.7. The number of carbonyl (C=O) groups excluding carboxylic acids is 1. The van der Waals surface area contributed by atoms with Crippen molar-refractivity contribution in [1.82, 2.24) is 10.0 Å². The number of amides is 1. The first-order valence-electron chi connectivity index (χ1n) is 8.28. The zero-order chi connectivity index (χ0) is 17.9. The summed E-state index contributed by atoms with van der Waals surface area (Å²) in [6, 6.07) is 7.48. The van der Waals surface area contributed by atoms with Crippen molar-refractivity contribution in [2.75, 3.05) is 13.1 Å². The van der Waals surface area contributed by atoms with Gasteiger partial charge in [-0.1, -0.05) is 18.9 Å². The normalized spacial score (nSPS) is 16.8. The maximum Gasteiger partial charge on any atom is 0.250 e. The lowest BCUT2D eigenvalue weighted by molar-refractivity contribution is -0.120. The molecule has 136 valence electrons. The minimum absolute atomic E-state index is 0.00751. The monoisotopic (exact) mass is 398 g/mol. The highest BCUT2D eigenvalue weighted by Gasteiger charge is 2.36. The maximum absolute atomic E-state index is 12.2. The van der Waals surface area contributed by atoms with Gasteiger partial charge in [-0.15, -0.1) is 22.7 Å². The molecule has 0 saturated heterocycles. The van der Waals surface area contributed by atoms with Crippen molar-refractivity contribution in [2.45, 2.75) is 42.2 Å². The van der Waals surface area contributed by atoms with Gasteiger partial charge in [0.1, 0.15) is 4.21 Å². The van der Waals surface area contributed by atoms with Crippen molar-refractivity contribution < 1.29 is 13.2 Å². The van der Waals surface area contributed by atoms with Gasteiger partial charge in [0, 0.05) is 21.7 Å². The minimum atomic E-state index is -3.62. The summed E-state index contributed by atoms with van der Waals surface area (Å²) in [4.78, 5) is 14.4. The van der Waals surface area contributed by atoms with E-state index in [1.54, 1.807) is 23.5 Å². The van der Waals surface area contributed by atoms with Crippen LogP contribution in [0.3, 0.4) is 0 Å². The Hall–Kier alpha value is -1.22. The van der Waals surface area contributed by atoms with E-state index in [1.165, 1.54) is 16.2 Å². The SMILES string of the molecule is Cc1ccc(S(=O)(=O)NCC(=O)NCC2(c3cccs3)CCCC2)s1. The highest BCUT2D eigenvalue weighted by Crippen LogP contribution is 2.42. The predicted octanol–water partition coefficient (Wildman–Crippen LogP) is 3.02. The molecule has 5 nitrogen and oxygen atoms in total. The van der Waals surface area contributed by atoms with E-state index in [0.29, 0.717) is 6.54 Å². The van der Waals surface area contributed by atoms with Crippen LogP contribution in [-0.4, -0.2) is 27.4 Å². The number of nitrogens with one attached hydrogen (secondary N) is 2. The molecule has 1 aliphatic carbocycles. The zero-order valence-electron chi connectivity index (χ0n) is 14.1. The van der Waals surface area contributed by atoms with E-state index in [0.717, 1.165) is 30.6 Å². The first-order valence-corrected chi connectivity index (χ1v) is 11.5. The van der Waals surface area contributed by atoms with Gasteiger partial charge in [0.05, 0.1) is 6.54 Å². The Bertz CT molecular complexity index is 819. The molecular weight excluding hydrogens is 376 g/mol. The van der Waals surface area contributed by atoms with Gasteiger partial charge in [-0.05, 0) is 43.3 Å². The van der Waals surface area contributed by atoms with Gasteiger partial charge in [0.2, 0.25) is 5.91 Å². The third-order valence-corrected chi connectivity index (χ3v) is 8.64. The van der Waals surface area contributed by atoms with Gasteiger partial charge < -0.3 is 5.32 Å². The molecule has 3 rings (SSSR count). The van der Waals surface area contributed by atoms with Crippen LogP contribution in [-0.2, 0) is 20.2 Å². The van der Waals surface area contributed by atoms with Crippen molar-refractivity contribution in [3.05, 3.63) is 39.4 Å². The van der Waals surface area contributed by atoms with Crippen LogP contribution < -0.4 is 10.0 Å². The fourth-order valence-corrected chi connectivity index (χ4v) is 6.56. The molecule has 2 aromatic heterocycles. The summed E-state index contributed by atoms with van der Waals surface area (Å²) in [6.45, 7) is 2.17. The molecule has 0 radical (unpaired) electrons. The number of sulfonamides is 1. The molecule has 1 saturated carbocycles. The molecule has 0 unspecified atom stereocenters. The second kappa shape index (κ2) is 7.57. The van der Waals surface area contributed by atoms with Gasteiger partial charge in [0.25, 0.3) is 10.0 Å². The van der Waals surface area contributed by atoms with Crippen LogP contribution >= 0.6 is 22.7 Å². The van der Waals surface area contributed by atoms with Crippen molar-refractivity contribution in [3.63, 3.8) is 0 Å². The van der Waals surface area contributed by atoms with Gasteiger partial charge in [-0.25, -0.2) is 13.1 Å². The number of carbonyl (C=O) groups is 1. The van der Waals surface area contributed by atoms with E-state index in [2.05, 4.69) is 21.5 Å². The zero-order valence-corrected chi connectivity index (χ0v) is 16.5. The molecule has 2 aromatic rings. The van der Waals surface area contributed by atoms with Crippen LogP contribution in [0.2, 0.25) is 0 Å². The summed E-state index contributed by atoms with van der Waals surface area (Å²) < 4.78 is 27.0. The molecule has 2 heterocycles. The molecule has 0 bridgehead atoms. The van der Waals surface area contributed by atoms with E-state index < -0.39 is 10.0 Å². The quantitative estimate of drug-likeness (QED) is 0.753. The topological polar surface area (TPSA) is 75.3 Å². The molecule has 1 amide bonds. The van der Waals surface area contributed by atoms with E-state index >= 15 is 0 Å². The first-order chi connectivity index (χ1) is 11.9. The smallest absolute Gasteiger partial charge is 0.250 e. The van der Waals surface area contributed by atoms with Crippen LogP contribution in [0.4, 0.5) is 0 Å². The third-order valence-electron chi connectivity index (χ3n) is 4.63. The highest BCUT2D eigenvalue weighted by molar-refractivity contribution is 7.91. The molecule has 1 fully saturated rings. The molecule has 0 aliphatic heterocycles. The van der Waals surface area contributed by atoms with Crippen LogP contribution in [0.25, 0.3) is 0 Å². The molecule has 0 spiro atoms. The first kappa shape index (κ1) is 18.6. The van der Waals surface area contributed by atoms with Crippen LogP contribution in [0.15, 0.2) is 33.9 Å². The van der Waals surface area contributed by atoms with Gasteiger partial charge in [0.15, 0.2) is 0 Å². The summed E-state index contributed by atoms with van der Waals surface area (Å²) in [6.07, 6.45) is 4.46. The summed E-state index contributed by atoms with van der Waals surface area (Å²) in [5.74, 6) is -0.292. The average Bonchev–Trinajstić information content (AvgIpc) is 3.31. The Morgan fingerprint density at radius 1 is 1.24 bits per heavy atom. The summed E-state index contributed by atoms with van der Waals surface area (Å²) in [7, 11) is -3.62. The third kappa shape index (κ3) is 4.31. The Morgan fingerprint density at radius 3 is 2.60 bits per heavy atom. The average molecular weight is 399 g/mol. The highest BCUT2D eigenvalue weighted by atomic mass is 32.2. The lowest BCUT2D eigenvalue weighted by atomic mass is 9.84. The minimum Gasteiger partial charge on any atom is -0.354 e. The summed E-state index contributed by atoms with van der Waals surface area (Å²) in [5.41, 5.74) is 0.00751. The Morgan fingerprint density at radius 2 is 2.00 bits per heavy atom. The fourth-order valence-electron chi connectivity index (χ4n) is 3.26. The Kier molecular flexibility index (Phi) is 5.62. The number of thiophene rings is 2. The largest absolute Gasteiger partial charge is 0.354 e. The number of hydrogen-bond donors (Lipinski definition) is 2. The molecule has 8 heteroatoms. The van der Waals surface area contributed by atoms with E-state index in [-0.39, 0.29) is 22.1 Å². The van der Waals surface area contributed by atoms with Crippen LogP contribution in [0, 0.1) is 6.92 Å². The van der Waals surface area contributed by atoms with Crippen molar-refractivity contribution in [3.8, 4) is 0 Å². The number of hydrogen-bond acceptors (Lipinski definition) is 5. The van der Waals surface area contributed by atoms with Crippen LogP contribution in [0.5, 0.6) is 0 Å². The molecule has 0 atom stereocenters.